The quantitative estimate of drug-likeness (QED) is 0.672. The first kappa shape index (κ1) is 13.9. The van der Waals surface area contributed by atoms with Crippen LogP contribution in [0.25, 0.3) is 0 Å². The van der Waals surface area contributed by atoms with Crippen LogP contribution >= 0.6 is 0 Å². The Morgan fingerprint density at radius 1 is 0.867 bits per heavy atom. The molecule has 0 atom stereocenters. The smallest absolute Gasteiger partial charge is 0.311 e. The molecule has 0 aliphatic carbocycles. The molecule has 0 spiro atoms. The second-order valence-electron chi connectivity index (χ2n) is 4.93. The minimum Gasteiger partial charge on any atom is -0.469 e. The molecule has 88 valence electrons. The molecule has 0 N–H and O–H groups in total. The normalized spacial score (nSPS) is 12.1. The standard InChI is InChI=1S/C11H20O4/c1-10(2,8(12)14-5)7-11(3,4)9(13)15-6/h7H2,1-6H3. The van der Waals surface area contributed by atoms with Gasteiger partial charge in [0.05, 0.1) is 25.0 Å². The average Bonchev–Trinajstić information content (AvgIpc) is 2.13. The number of hydrogen-bond acceptors (Lipinski definition) is 4. The highest BCUT2D eigenvalue weighted by atomic mass is 16.5. The molecule has 0 aromatic heterocycles. The van der Waals surface area contributed by atoms with Crippen molar-refractivity contribution in [3.05, 3.63) is 0 Å². The van der Waals surface area contributed by atoms with Gasteiger partial charge in [-0.15, -0.1) is 0 Å². The van der Waals surface area contributed by atoms with Crippen molar-refractivity contribution in [2.24, 2.45) is 10.8 Å². The van der Waals surface area contributed by atoms with Crippen LogP contribution in [0.15, 0.2) is 0 Å². The minimum absolute atomic E-state index is 0.320. The molecule has 0 rings (SSSR count). The summed E-state index contributed by atoms with van der Waals surface area (Å²) < 4.78 is 9.37. The Bertz CT molecular complexity index is 227. The lowest BCUT2D eigenvalue weighted by molar-refractivity contribution is -0.158. The van der Waals surface area contributed by atoms with E-state index < -0.39 is 10.8 Å². The van der Waals surface area contributed by atoms with Gasteiger partial charge in [-0.25, -0.2) is 0 Å². The van der Waals surface area contributed by atoms with Gasteiger partial charge in [-0.05, 0) is 34.1 Å². The third-order valence-corrected chi connectivity index (χ3v) is 2.36. The van der Waals surface area contributed by atoms with Crippen molar-refractivity contribution < 1.29 is 19.1 Å². The number of carbonyl (C=O) groups is 2. The first-order valence-corrected chi connectivity index (χ1v) is 4.84. The maximum atomic E-state index is 11.4. The SMILES string of the molecule is COC(=O)C(C)(C)CC(C)(C)C(=O)OC. The summed E-state index contributed by atoms with van der Waals surface area (Å²) in [6.07, 6.45) is 0.388. The lowest BCUT2D eigenvalue weighted by Gasteiger charge is -2.30. The fraction of sp³-hybridized carbons (Fsp3) is 0.818. The van der Waals surface area contributed by atoms with Gasteiger partial charge in [0.25, 0.3) is 0 Å². The van der Waals surface area contributed by atoms with E-state index in [1.807, 2.05) is 0 Å². The molecule has 0 radical (unpaired) electrons. The molecule has 0 heterocycles. The van der Waals surface area contributed by atoms with E-state index in [9.17, 15) is 9.59 Å². The second kappa shape index (κ2) is 4.64. The van der Waals surface area contributed by atoms with Crippen molar-refractivity contribution in [2.75, 3.05) is 14.2 Å². The van der Waals surface area contributed by atoms with Crippen molar-refractivity contribution in [3.63, 3.8) is 0 Å². The van der Waals surface area contributed by atoms with Crippen LogP contribution in [-0.4, -0.2) is 26.2 Å². The fourth-order valence-electron chi connectivity index (χ4n) is 1.80. The molecule has 0 aromatic carbocycles. The van der Waals surface area contributed by atoms with Crippen LogP contribution in [0.2, 0.25) is 0 Å². The molecule has 0 unspecified atom stereocenters. The van der Waals surface area contributed by atoms with Crippen molar-refractivity contribution >= 4 is 11.9 Å². The molecule has 0 aliphatic heterocycles. The highest BCUT2D eigenvalue weighted by Gasteiger charge is 2.40. The van der Waals surface area contributed by atoms with E-state index in [0.717, 1.165) is 0 Å². The van der Waals surface area contributed by atoms with Crippen molar-refractivity contribution in [1.82, 2.24) is 0 Å². The summed E-state index contributed by atoms with van der Waals surface area (Å²) in [6.45, 7) is 7.01. The molecular formula is C11H20O4. The Hall–Kier alpha value is -1.06. The van der Waals surface area contributed by atoms with Gasteiger partial charge < -0.3 is 9.47 Å². The monoisotopic (exact) mass is 216 g/mol. The van der Waals surface area contributed by atoms with Gasteiger partial charge >= 0.3 is 11.9 Å². The molecule has 15 heavy (non-hydrogen) atoms. The zero-order chi connectivity index (χ0) is 12.3. The summed E-state index contributed by atoms with van der Waals surface area (Å²) in [5.41, 5.74) is -1.38. The summed E-state index contributed by atoms with van der Waals surface area (Å²) >= 11 is 0. The molecule has 0 fully saturated rings. The third kappa shape index (κ3) is 3.53. The summed E-state index contributed by atoms with van der Waals surface area (Å²) in [7, 11) is 2.68. The molecule has 0 aliphatic rings. The van der Waals surface area contributed by atoms with E-state index in [2.05, 4.69) is 9.47 Å². The van der Waals surface area contributed by atoms with Crippen LogP contribution in [0.3, 0.4) is 0 Å². The molecule has 0 saturated heterocycles. The third-order valence-electron chi connectivity index (χ3n) is 2.36. The van der Waals surface area contributed by atoms with Gasteiger partial charge in [0, 0.05) is 0 Å². The maximum Gasteiger partial charge on any atom is 0.311 e. The highest BCUT2D eigenvalue weighted by Crippen LogP contribution is 2.35. The topological polar surface area (TPSA) is 52.6 Å². The Balaban J connectivity index is 4.71. The molecule has 0 amide bonds. The van der Waals surface area contributed by atoms with E-state index in [0.29, 0.717) is 6.42 Å². The van der Waals surface area contributed by atoms with Gasteiger partial charge in [-0.3, -0.25) is 9.59 Å². The molecular weight excluding hydrogens is 196 g/mol. The Morgan fingerprint density at radius 2 is 1.13 bits per heavy atom. The highest BCUT2D eigenvalue weighted by molar-refractivity contribution is 5.79. The van der Waals surface area contributed by atoms with Crippen LogP contribution in [0.5, 0.6) is 0 Å². The predicted octanol–water partition coefficient (Wildman–Crippen LogP) is 1.77. The van der Waals surface area contributed by atoms with E-state index in [1.54, 1.807) is 27.7 Å². The minimum atomic E-state index is -0.688. The van der Waals surface area contributed by atoms with Crippen LogP contribution in [0.4, 0.5) is 0 Å². The number of esters is 2. The van der Waals surface area contributed by atoms with E-state index in [-0.39, 0.29) is 11.9 Å². The van der Waals surface area contributed by atoms with Gasteiger partial charge in [0.1, 0.15) is 0 Å². The first-order valence-electron chi connectivity index (χ1n) is 4.84. The van der Waals surface area contributed by atoms with Crippen molar-refractivity contribution in [1.29, 1.82) is 0 Å². The van der Waals surface area contributed by atoms with Crippen LogP contribution < -0.4 is 0 Å². The van der Waals surface area contributed by atoms with Gasteiger partial charge in [-0.2, -0.15) is 0 Å². The number of ether oxygens (including phenoxy) is 2. The zero-order valence-corrected chi connectivity index (χ0v) is 10.3. The van der Waals surface area contributed by atoms with E-state index in [4.69, 9.17) is 0 Å². The lowest BCUT2D eigenvalue weighted by Crippen LogP contribution is -2.36. The van der Waals surface area contributed by atoms with Gasteiger partial charge in [-0.1, -0.05) is 0 Å². The number of methoxy groups -OCH3 is 2. The first-order chi connectivity index (χ1) is 6.67. The Kier molecular flexibility index (Phi) is 4.31. The maximum absolute atomic E-state index is 11.4. The zero-order valence-electron chi connectivity index (χ0n) is 10.3. The van der Waals surface area contributed by atoms with Gasteiger partial charge in [0.15, 0.2) is 0 Å². The van der Waals surface area contributed by atoms with Crippen LogP contribution in [0.1, 0.15) is 34.1 Å². The van der Waals surface area contributed by atoms with E-state index >= 15 is 0 Å². The lowest BCUT2D eigenvalue weighted by atomic mass is 9.75. The van der Waals surface area contributed by atoms with Gasteiger partial charge in [0.2, 0.25) is 0 Å². The second-order valence-corrected chi connectivity index (χ2v) is 4.93. The molecule has 0 bridgehead atoms. The molecule has 4 heteroatoms. The summed E-state index contributed by atoms with van der Waals surface area (Å²) in [6, 6.07) is 0. The number of rotatable bonds is 4. The Labute approximate surface area is 90.9 Å². The van der Waals surface area contributed by atoms with Crippen LogP contribution in [-0.2, 0) is 19.1 Å². The average molecular weight is 216 g/mol. The van der Waals surface area contributed by atoms with Crippen molar-refractivity contribution in [2.45, 2.75) is 34.1 Å². The Morgan fingerprint density at radius 3 is 1.33 bits per heavy atom. The molecule has 0 aromatic rings. The summed E-state index contributed by atoms with van der Waals surface area (Å²) in [4.78, 5) is 22.9. The predicted molar refractivity (Wildman–Crippen MR) is 56.2 cm³/mol. The molecule has 4 nitrogen and oxygen atoms in total. The van der Waals surface area contributed by atoms with Crippen molar-refractivity contribution in [3.8, 4) is 0 Å². The number of hydrogen-bond donors (Lipinski definition) is 0. The largest absolute Gasteiger partial charge is 0.469 e. The number of carbonyl (C=O) groups excluding carboxylic acids is 2. The summed E-state index contributed by atoms with van der Waals surface area (Å²) in [5, 5.41) is 0. The van der Waals surface area contributed by atoms with E-state index in [1.165, 1.54) is 14.2 Å². The fourth-order valence-corrected chi connectivity index (χ4v) is 1.80. The molecule has 0 saturated carbocycles. The van der Waals surface area contributed by atoms with Crippen LogP contribution in [0, 0.1) is 10.8 Å². The summed E-state index contributed by atoms with van der Waals surface area (Å²) in [5.74, 6) is -0.640.